The average Bonchev–Trinajstić information content (AvgIpc) is 2.47. The van der Waals surface area contributed by atoms with Crippen LogP contribution in [0, 0.1) is 5.92 Å². The third-order valence-electron chi connectivity index (χ3n) is 3.85. The molecule has 1 aromatic carbocycles. The standard InChI is InChI=1S/C15H22BrN3O/c1-17-10-11-3-4-14(13(16)9-11)19-7-5-12(6-8-19)15(20)18-2/h3-4,9,12,17H,5-8,10H2,1-2H3,(H,18,20). The van der Waals surface area contributed by atoms with Crippen LogP contribution in [0.3, 0.4) is 0 Å². The van der Waals surface area contributed by atoms with Crippen molar-refractivity contribution in [3.8, 4) is 0 Å². The molecule has 1 aromatic rings. The molecule has 1 fully saturated rings. The van der Waals surface area contributed by atoms with Crippen LogP contribution in [0.1, 0.15) is 18.4 Å². The lowest BCUT2D eigenvalue weighted by atomic mass is 9.95. The van der Waals surface area contributed by atoms with Crippen molar-refractivity contribution in [3.05, 3.63) is 28.2 Å². The van der Waals surface area contributed by atoms with Crippen molar-refractivity contribution in [1.82, 2.24) is 10.6 Å². The van der Waals surface area contributed by atoms with Crippen LogP contribution in [0.5, 0.6) is 0 Å². The second kappa shape index (κ2) is 7.09. The lowest BCUT2D eigenvalue weighted by Crippen LogP contribution is -2.39. The quantitative estimate of drug-likeness (QED) is 0.883. The fourth-order valence-corrected chi connectivity index (χ4v) is 3.38. The van der Waals surface area contributed by atoms with E-state index >= 15 is 0 Å². The second-order valence-corrected chi connectivity index (χ2v) is 6.05. The van der Waals surface area contributed by atoms with Gasteiger partial charge in [0.05, 0.1) is 5.69 Å². The maximum atomic E-state index is 11.6. The number of benzene rings is 1. The molecule has 4 nitrogen and oxygen atoms in total. The summed E-state index contributed by atoms with van der Waals surface area (Å²) in [6.45, 7) is 2.74. The Morgan fingerprint density at radius 2 is 2.05 bits per heavy atom. The summed E-state index contributed by atoms with van der Waals surface area (Å²) in [5.41, 5.74) is 2.49. The van der Waals surface area contributed by atoms with Gasteiger partial charge in [-0.05, 0) is 53.5 Å². The number of nitrogens with one attached hydrogen (secondary N) is 2. The molecule has 1 heterocycles. The maximum Gasteiger partial charge on any atom is 0.222 e. The van der Waals surface area contributed by atoms with Crippen molar-refractivity contribution >= 4 is 27.5 Å². The van der Waals surface area contributed by atoms with Crippen molar-refractivity contribution in [1.29, 1.82) is 0 Å². The van der Waals surface area contributed by atoms with Gasteiger partial charge in [0, 0.05) is 37.1 Å². The molecule has 0 aromatic heterocycles. The second-order valence-electron chi connectivity index (χ2n) is 5.19. The molecule has 0 atom stereocenters. The van der Waals surface area contributed by atoms with Gasteiger partial charge in [0.2, 0.25) is 5.91 Å². The van der Waals surface area contributed by atoms with Crippen LogP contribution in [0.4, 0.5) is 5.69 Å². The molecule has 0 saturated carbocycles. The number of carbonyl (C=O) groups is 1. The summed E-state index contributed by atoms with van der Waals surface area (Å²) in [6, 6.07) is 6.48. The van der Waals surface area contributed by atoms with E-state index in [1.807, 2.05) is 7.05 Å². The first-order chi connectivity index (χ1) is 9.65. The average molecular weight is 340 g/mol. The SMILES string of the molecule is CNCc1ccc(N2CCC(C(=O)NC)CC2)c(Br)c1. The van der Waals surface area contributed by atoms with Crippen LogP contribution in [-0.2, 0) is 11.3 Å². The number of rotatable bonds is 4. The minimum Gasteiger partial charge on any atom is -0.371 e. The Bertz CT molecular complexity index is 470. The Morgan fingerprint density at radius 3 is 2.60 bits per heavy atom. The summed E-state index contributed by atoms with van der Waals surface area (Å²) < 4.78 is 1.13. The van der Waals surface area contributed by atoms with Gasteiger partial charge < -0.3 is 15.5 Å². The van der Waals surface area contributed by atoms with Gasteiger partial charge in [0.1, 0.15) is 0 Å². The minimum atomic E-state index is 0.165. The Kier molecular flexibility index (Phi) is 5.43. The van der Waals surface area contributed by atoms with Crippen molar-refractivity contribution in [3.63, 3.8) is 0 Å². The molecule has 5 heteroatoms. The summed E-state index contributed by atoms with van der Waals surface area (Å²) >= 11 is 3.66. The van der Waals surface area contributed by atoms with Crippen LogP contribution in [0.2, 0.25) is 0 Å². The van der Waals surface area contributed by atoms with Gasteiger partial charge in [0.25, 0.3) is 0 Å². The van der Waals surface area contributed by atoms with Crippen molar-refractivity contribution in [2.75, 3.05) is 32.1 Å². The monoisotopic (exact) mass is 339 g/mol. The number of hydrogen-bond acceptors (Lipinski definition) is 3. The summed E-state index contributed by atoms with van der Waals surface area (Å²) in [6.07, 6.45) is 1.84. The van der Waals surface area contributed by atoms with E-state index in [4.69, 9.17) is 0 Å². The number of nitrogens with zero attached hydrogens (tertiary/aromatic N) is 1. The topological polar surface area (TPSA) is 44.4 Å². The van der Waals surface area contributed by atoms with E-state index in [1.165, 1.54) is 11.3 Å². The molecule has 2 N–H and O–H groups in total. The molecular weight excluding hydrogens is 318 g/mol. The first-order valence-corrected chi connectivity index (χ1v) is 7.84. The minimum absolute atomic E-state index is 0.165. The molecule has 0 spiro atoms. The molecule has 110 valence electrons. The highest BCUT2D eigenvalue weighted by atomic mass is 79.9. The molecular formula is C15H22BrN3O. The Morgan fingerprint density at radius 1 is 1.35 bits per heavy atom. The van der Waals surface area contributed by atoms with Gasteiger partial charge in [-0.1, -0.05) is 6.07 Å². The lowest BCUT2D eigenvalue weighted by Gasteiger charge is -2.33. The Balaban J connectivity index is 2.01. The first-order valence-electron chi connectivity index (χ1n) is 7.05. The van der Waals surface area contributed by atoms with Gasteiger partial charge >= 0.3 is 0 Å². The zero-order valence-electron chi connectivity index (χ0n) is 12.1. The molecule has 1 amide bonds. The third kappa shape index (κ3) is 3.52. The van der Waals surface area contributed by atoms with Crippen LogP contribution in [-0.4, -0.2) is 33.1 Å². The highest BCUT2D eigenvalue weighted by molar-refractivity contribution is 9.10. The van der Waals surface area contributed by atoms with Gasteiger partial charge in [0.15, 0.2) is 0 Å². The number of piperidine rings is 1. The van der Waals surface area contributed by atoms with E-state index in [2.05, 4.69) is 49.7 Å². The van der Waals surface area contributed by atoms with Gasteiger partial charge in [-0.3, -0.25) is 4.79 Å². The van der Waals surface area contributed by atoms with E-state index in [1.54, 1.807) is 7.05 Å². The Hall–Kier alpha value is -1.07. The molecule has 1 aliphatic rings. The van der Waals surface area contributed by atoms with Crippen molar-refractivity contribution in [2.45, 2.75) is 19.4 Å². The van der Waals surface area contributed by atoms with Crippen molar-refractivity contribution < 1.29 is 4.79 Å². The van der Waals surface area contributed by atoms with E-state index in [-0.39, 0.29) is 11.8 Å². The van der Waals surface area contributed by atoms with E-state index in [0.29, 0.717) is 0 Å². The normalized spacial score (nSPS) is 16.2. The molecule has 1 aliphatic heterocycles. The zero-order chi connectivity index (χ0) is 14.5. The fraction of sp³-hybridized carbons (Fsp3) is 0.533. The zero-order valence-corrected chi connectivity index (χ0v) is 13.7. The molecule has 0 bridgehead atoms. The molecule has 20 heavy (non-hydrogen) atoms. The van der Waals surface area contributed by atoms with Crippen LogP contribution in [0.15, 0.2) is 22.7 Å². The molecule has 2 rings (SSSR count). The molecule has 0 radical (unpaired) electrons. The van der Waals surface area contributed by atoms with E-state index < -0.39 is 0 Å². The van der Waals surface area contributed by atoms with Crippen LogP contribution >= 0.6 is 15.9 Å². The molecule has 0 aliphatic carbocycles. The van der Waals surface area contributed by atoms with Crippen molar-refractivity contribution in [2.24, 2.45) is 5.92 Å². The molecule has 0 unspecified atom stereocenters. The fourth-order valence-electron chi connectivity index (χ4n) is 2.71. The number of hydrogen-bond donors (Lipinski definition) is 2. The first kappa shape index (κ1) is 15.3. The Labute approximate surface area is 129 Å². The predicted octanol–water partition coefficient (Wildman–Crippen LogP) is 2.13. The highest BCUT2D eigenvalue weighted by Crippen LogP contribution is 2.30. The lowest BCUT2D eigenvalue weighted by molar-refractivity contribution is -0.125. The highest BCUT2D eigenvalue weighted by Gasteiger charge is 2.25. The van der Waals surface area contributed by atoms with Crippen LogP contribution in [0.25, 0.3) is 0 Å². The summed E-state index contributed by atoms with van der Waals surface area (Å²) in [5, 5.41) is 5.90. The van der Waals surface area contributed by atoms with Crippen LogP contribution < -0.4 is 15.5 Å². The number of carbonyl (C=O) groups excluding carboxylic acids is 1. The number of anilines is 1. The van der Waals surface area contributed by atoms with Gasteiger partial charge in [-0.25, -0.2) is 0 Å². The summed E-state index contributed by atoms with van der Waals surface area (Å²) in [4.78, 5) is 14.0. The third-order valence-corrected chi connectivity index (χ3v) is 4.48. The van der Waals surface area contributed by atoms with E-state index in [0.717, 1.165) is 36.9 Å². The summed E-state index contributed by atoms with van der Waals surface area (Å²) in [7, 11) is 3.66. The maximum absolute atomic E-state index is 11.6. The predicted molar refractivity (Wildman–Crippen MR) is 85.9 cm³/mol. The van der Waals surface area contributed by atoms with E-state index in [9.17, 15) is 4.79 Å². The summed E-state index contributed by atoms with van der Waals surface area (Å²) in [5.74, 6) is 0.340. The molecule has 1 saturated heterocycles. The largest absolute Gasteiger partial charge is 0.371 e. The van der Waals surface area contributed by atoms with Gasteiger partial charge in [-0.2, -0.15) is 0 Å². The number of halogens is 1. The number of amides is 1. The smallest absolute Gasteiger partial charge is 0.222 e. The van der Waals surface area contributed by atoms with Gasteiger partial charge in [-0.15, -0.1) is 0 Å².